The fourth-order valence-corrected chi connectivity index (χ4v) is 2.39. The van der Waals surface area contributed by atoms with Crippen LogP contribution in [0.15, 0.2) is 24.3 Å². The lowest BCUT2D eigenvalue weighted by atomic mass is 10.1. The number of morpholine rings is 1. The predicted molar refractivity (Wildman–Crippen MR) is 82.6 cm³/mol. The summed E-state index contributed by atoms with van der Waals surface area (Å²) in [7, 11) is 1.33. The monoisotopic (exact) mass is 306 g/mol. The molecule has 1 aliphatic heterocycles. The highest BCUT2D eigenvalue weighted by atomic mass is 16.6. The molecule has 22 heavy (non-hydrogen) atoms. The van der Waals surface area contributed by atoms with Crippen LogP contribution in [0.5, 0.6) is 0 Å². The third kappa shape index (κ3) is 4.54. The Kier molecular flexibility index (Phi) is 5.91. The summed E-state index contributed by atoms with van der Waals surface area (Å²) in [6.45, 7) is 3.71. The minimum Gasteiger partial charge on any atom is -0.467 e. The Morgan fingerprint density at radius 2 is 2.27 bits per heavy atom. The number of amides is 1. The van der Waals surface area contributed by atoms with Crippen LogP contribution in [-0.4, -0.2) is 56.2 Å². The van der Waals surface area contributed by atoms with E-state index >= 15 is 0 Å². The average molecular weight is 306 g/mol. The minimum absolute atomic E-state index is 0.0984. The number of hydrogen-bond donors (Lipinski definition) is 1. The SMILES string of the molecule is CCc1cccc(NC(=O)CN2CCOC(C(=O)OC)C2)c1. The molecule has 1 fully saturated rings. The highest BCUT2D eigenvalue weighted by Gasteiger charge is 2.28. The molecule has 0 aromatic heterocycles. The molecule has 6 heteroatoms. The Bertz CT molecular complexity index is 533. The number of aryl methyl sites for hydroxylation is 1. The van der Waals surface area contributed by atoms with E-state index in [0.29, 0.717) is 19.7 Å². The van der Waals surface area contributed by atoms with Crippen LogP contribution in [-0.2, 0) is 25.5 Å². The van der Waals surface area contributed by atoms with Gasteiger partial charge >= 0.3 is 5.97 Å². The van der Waals surface area contributed by atoms with Gasteiger partial charge in [0.25, 0.3) is 0 Å². The van der Waals surface area contributed by atoms with Gasteiger partial charge in [0.2, 0.25) is 5.91 Å². The molecule has 0 aliphatic carbocycles. The number of esters is 1. The molecule has 1 amide bonds. The van der Waals surface area contributed by atoms with Crippen LogP contribution in [0.3, 0.4) is 0 Å². The first-order chi connectivity index (χ1) is 10.6. The van der Waals surface area contributed by atoms with Gasteiger partial charge in [-0.25, -0.2) is 4.79 Å². The van der Waals surface area contributed by atoms with Crippen LogP contribution in [0.25, 0.3) is 0 Å². The van der Waals surface area contributed by atoms with Crippen LogP contribution in [0, 0.1) is 0 Å². The van der Waals surface area contributed by atoms with Crippen molar-refractivity contribution < 1.29 is 19.1 Å². The molecule has 1 saturated heterocycles. The van der Waals surface area contributed by atoms with Crippen LogP contribution in [0.1, 0.15) is 12.5 Å². The molecule has 0 radical (unpaired) electrons. The number of methoxy groups -OCH3 is 1. The Balaban J connectivity index is 1.87. The zero-order valence-corrected chi connectivity index (χ0v) is 13.0. The third-order valence-electron chi connectivity index (χ3n) is 3.60. The smallest absolute Gasteiger partial charge is 0.336 e. The number of ether oxygens (including phenoxy) is 2. The maximum Gasteiger partial charge on any atom is 0.336 e. The highest BCUT2D eigenvalue weighted by Crippen LogP contribution is 2.12. The van der Waals surface area contributed by atoms with Gasteiger partial charge in [-0.15, -0.1) is 0 Å². The van der Waals surface area contributed by atoms with Crippen LogP contribution in [0.4, 0.5) is 5.69 Å². The topological polar surface area (TPSA) is 67.9 Å². The molecule has 1 aromatic rings. The number of nitrogens with one attached hydrogen (secondary N) is 1. The Morgan fingerprint density at radius 1 is 1.45 bits per heavy atom. The molecule has 0 bridgehead atoms. The molecular weight excluding hydrogens is 284 g/mol. The summed E-state index contributed by atoms with van der Waals surface area (Å²) in [6.07, 6.45) is 0.309. The lowest BCUT2D eigenvalue weighted by Gasteiger charge is -2.30. The zero-order chi connectivity index (χ0) is 15.9. The zero-order valence-electron chi connectivity index (χ0n) is 13.0. The maximum absolute atomic E-state index is 12.1. The fourth-order valence-electron chi connectivity index (χ4n) is 2.39. The first-order valence-corrected chi connectivity index (χ1v) is 7.43. The van der Waals surface area contributed by atoms with E-state index in [-0.39, 0.29) is 12.5 Å². The number of carbonyl (C=O) groups is 2. The Hall–Kier alpha value is -1.92. The lowest BCUT2D eigenvalue weighted by Crippen LogP contribution is -2.48. The van der Waals surface area contributed by atoms with Gasteiger partial charge in [0, 0.05) is 18.8 Å². The molecule has 1 unspecified atom stereocenters. The van der Waals surface area contributed by atoms with Crippen molar-refractivity contribution in [2.45, 2.75) is 19.4 Å². The Morgan fingerprint density at radius 3 is 3.00 bits per heavy atom. The summed E-state index contributed by atoms with van der Waals surface area (Å²) in [5.41, 5.74) is 1.97. The van der Waals surface area contributed by atoms with E-state index in [9.17, 15) is 9.59 Å². The maximum atomic E-state index is 12.1. The molecule has 1 heterocycles. The predicted octanol–water partition coefficient (Wildman–Crippen LogP) is 1.06. The molecule has 1 aromatic carbocycles. The molecule has 6 nitrogen and oxygen atoms in total. The molecule has 120 valence electrons. The normalized spacial score (nSPS) is 18.7. The number of nitrogens with zero attached hydrogens (tertiary/aromatic N) is 1. The average Bonchev–Trinajstić information content (AvgIpc) is 2.54. The van der Waals surface area contributed by atoms with E-state index in [4.69, 9.17) is 4.74 Å². The van der Waals surface area contributed by atoms with Gasteiger partial charge in [0.05, 0.1) is 20.3 Å². The van der Waals surface area contributed by atoms with Gasteiger partial charge < -0.3 is 14.8 Å². The molecular formula is C16H22N2O4. The first kappa shape index (κ1) is 16.5. The van der Waals surface area contributed by atoms with Crippen molar-refractivity contribution in [1.82, 2.24) is 4.90 Å². The van der Waals surface area contributed by atoms with Gasteiger partial charge in [0.15, 0.2) is 6.10 Å². The molecule has 0 saturated carbocycles. The number of benzene rings is 1. The van der Waals surface area contributed by atoms with Crippen LogP contribution >= 0.6 is 0 Å². The number of carbonyl (C=O) groups excluding carboxylic acids is 2. The number of hydrogen-bond acceptors (Lipinski definition) is 5. The van der Waals surface area contributed by atoms with E-state index in [2.05, 4.69) is 17.0 Å². The number of anilines is 1. The lowest BCUT2D eigenvalue weighted by molar-refractivity contribution is -0.160. The quantitative estimate of drug-likeness (QED) is 0.824. The van der Waals surface area contributed by atoms with E-state index in [1.165, 1.54) is 12.7 Å². The van der Waals surface area contributed by atoms with Gasteiger partial charge in [-0.1, -0.05) is 19.1 Å². The summed E-state index contributed by atoms with van der Waals surface area (Å²) in [6, 6.07) is 7.79. The van der Waals surface area contributed by atoms with Crippen molar-refractivity contribution in [3.05, 3.63) is 29.8 Å². The first-order valence-electron chi connectivity index (χ1n) is 7.43. The van der Waals surface area contributed by atoms with Crippen molar-refractivity contribution in [2.24, 2.45) is 0 Å². The van der Waals surface area contributed by atoms with Gasteiger partial charge in [-0.3, -0.25) is 9.69 Å². The molecule has 1 N–H and O–H groups in total. The molecule has 1 aliphatic rings. The molecule has 2 rings (SSSR count). The van der Waals surface area contributed by atoms with Crippen molar-refractivity contribution in [2.75, 3.05) is 38.7 Å². The highest BCUT2D eigenvalue weighted by molar-refractivity contribution is 5.92. The third-order valence-corrected chi connectivity index (χ3v) is 3.60. The van der Waals surface area contributed by atoms with Gasteiger partial charge in [-0.05, 0) is 24.1 Å². The minimum atomic E-state index is -0.616. The Labute approximate surface area is 130 Å². The van der Waals surface area contributed by atoms with E-state index in [0.717, 1.165) is 12.1 Å². The summed E-state index contributed by atoms with van der Waals surface area (Å²) >= 11 is 0. The van der Waals surface area contributed by atoms with E-state index in [1.807, 2.05) is 29.2 Å². The summed E-state index contributed by atoms with van der Waals surface area (Å²) < 4.78 is 10.0. The standard InChI is InChI=1S/C16H22N2O4/c1-3-12-5-4-6-13(9-12)17-15(19)11-18-7-8-22-14(10-18)16(20)21-2/h4-6,9,14H,3,7-8,10-11H2,1-2H3,(H,17,19). The molecule has 1 atom stereocenters. The van der Waals surface area contributed by atoms with E-state index in [1.54, 1.807) is 0 Å². The second kappa shape index (κ2) is 7.91. The van der Waals surface area contributed by atoms with Crippen molar-refractivity contribution in [3.8, 4) is 0 Å². The fraction of sp³-hybridized carbons (Fsp3) is 0.500. The van der Waals surface area contributed by atoms with Crippen LogP contribution < -0.4 is 5.32 Å². The number of rotatable bonds is 5. The second-order valence-corrected chi connectivity index (χ2v) is 5.22. The van der Waals surface area contributed by atoms with Crippen molar-refractivity contribution in [3.63, 3.8) is 0 Å². The molecule has 0 spiro atoms. The summed E-state index contributed by atoms with van der Waals surface area (Å²) in [5, 5.41) is 2.88. The summed E-state index contributed by atoms with van der Waals surface area (Å²) in [4.78, 5) is 25.5. The van der Waals surface area contributed by atoms with Crippen LogP contribution in [0.2, 0.25) is 0 Å². The second-order valence-electron chi connectivity index (χ2n) is 5.22. The van der Waals surface area contributed by atoms with Gasteiger partial charge in [0.1, 0.15) is 0 Å². The largest absolute Gasteiger partial charge is 0.467 e. The summed E-state index contributed by atoms with van der Waals surface area (Å²) in [5.74, 6) is -0.500. The van der Waals surface area contributed by atoms with Crippen molar-refractivity contribution in [1.29, 1.82) is 0 Å². The van der Waals surface area contributed by atoms with E-state index < -0.39 is 12.1 Å². The van der Waals surface area contributed by atoms with Crippen molar-refractivity contribution >= 4 is 17.6 Å². The van der Waals surface area contributed by atoms with Gasteiger partial charge in [-0.2, -0.15) is 0 Å².